The molecule has 3 heteroatoms. The number of carboxylic acid groups (broad SMARTS) is 1. The third kappa shape index (κ3) is 2.94. The molecule has 5 rings (SSSR count). The Morgan fingerprint density at radius 2 is 1.56 bits per heavy atom. The molecule has 10 atom stereocenters. The Labute approximate surface area is 208 Å². The van der Waals surface area contributed by atoms with Crippen molar-refractivity contribution in [3.05, 3.63) is 12.2 Å². The van der Waals surface area contributed by atoms with E-state index < -0.39 is 11.9 Å². The Kier molecular flexibility index (Phi) is 5.55. The van der Waals surface area contributed by atoms with E-state index in [1.165, 1.54) is 51.4 Å². The van der Waals surface area contributed by atoms with Crippen LogP contribution < -0.4 is 0 Å². The lowest BCUT2D eigenvalue weighted by Crippen LogP contribution is -2.57. The Morgan fingerprint density at radius 3 is 2.24 bits per heavy atom. The zero-order valence-corrected chi connectivity index (χ0v) is 22.8. The molecule has 0 amide bonds. The average Bonchev–Trinajstić information content (AvgIpc) is 3.36. The van der Waals surface area contributed by atoms with Gasteiger partial charge in [-0.3, -0.25) is 4.79 Å². The van der Waals surface area contributed by atoms with Gasteiger partial charge in [0.2, 0.25) is 0 Å². The minimum Gasteiger partial charge on any atom is -0.481 e. The molecule has 0 heterocycles. The predicted octanol–water partition coefficient (Wildman–Crippen LogP) is 7.48. The highest BCUT2D eigenvalue weighted by Gasteiger charge is 2.82. The number of carbonyl (C=O) groups is 1. The number of rotatable bonds is 6. The summed E-state index contributed by atoms with van der Waals surface area (Å²) >= 11 is 0. The summed E-state index contributed by atoms with van der Waals surface area (Å²) in [7, 11) is 0. The fraction of sp³-hybridized carbons (Fsp3) is 0.903. The molecule has 34 heavy (non-hydrogen) atoms. The maximum absolute atomic E-state index is 11.4. The first kappa shape index (κ1) is 24.8. The van der Waals surface area contributed by atoms with Gasteiger partial charge in [0.25, 0.3) is 0 Å². The van der Waals surface area contributed by atoms with E-state index >= 15 is 0 Å². The summed E-state index contributed by atoms with van der Waals surface area (Å²) in [5, 5.41) is 20.2. The molecule has 5 aliphatic carbocycles. The van der Waals surface area contributed by atoms with Gasteiger partial charge in [0.15, 0.2) is 0 Å². The number of aliphatic hydroxyl groups excluding tert-OH is 1. The zero-order valence-electron chi connectivity index (χ0n) is 22.8. The van der Waals surface area contributed by atoms with Crippen LogP contribution in [0.15, 0.2) is 12.2 Å². The van der Waals surface area contributed by atoms with Gasteiger partial charge in [-0.1, -0.05) is 46.8 Å². The number of carboxylic acids is 1. The molecule has 5 saturated carbocycles. The van der Waals surface area contributed by atoms with Crippen molar-refractivity contribution in [2.24, 2.45) is 56.7 Å². The molecular weight excluding hydrogens is 420 g/mol. The van der Waals surface area contributed by atoms with Crippen LogP contribution in [0.4, 0.5) is 0 Å². The van der Waals surface area contributed by atoms with E-state index in [0.717, 1.165) is 36.7 Å². The molecule has 2 spiro atoms. The molecular formula is C31H50O3. The van der Waals surface area contributed by atoms with Crippen LogP contribution in [0.5, 0.6) is 0 Å². The summed E-state index contributed by atoms with van der Waals surface area (Å²) in [5.41, 5.74) is 2.82. The third-order valence-corrected chi connectivity index (χ3v) is 13.7. The first-order valence-electron chi connectivity index (χ1n) is 14.4. The minimum absolute atomic E-state index is 0.0661. The maximum atomic E-state index is 11.4. The monoisotopic (exact) mass is 470 g/mol. The highest BCUT2D eigenvalue weighted by molar-refractivity contribution is 5.72. The van der Waals surface area contributed by atoms with Crippen molar-refractivity contribution < 1.29 is 15.0 Å². The van der Waals surface area contributed by atoms with Crippen LogP contribution in [0.1, 0.15) is 112 Å². The van der Waals surface area contributed by atoms with Crippen molar-refractivity contribution in [3.63, 3.8) is 0 Å². The molecule has 0 bridgehead atoms. The number of aliphatic carboxylic acids is 1. The summed E-state index contributed by atoms with van der Waals surface area (Å²) in [6.07, 6.45) is 13.6. The second-order valence-corrected chi connectivity index (χ2v) is 14.8. The van der Waals surface area contributed by atoms with Crippen molar-refractivity contribution in [3.8, 4) is 0 Å². The Hall–Kier alpha value is -0.830. The van der Waals surface area contributed by atoms with Gasteiger partial charge in [-0.15, -0.1) is 0 Å². The van der Waals surface area contributed by atoms with Gasteiger partial charge in [0.1, 0.15) is 0 Å². The Balaban J connectivity index is 1.35. The number of fused-ring (bicyclic) bond motifs is 2. The molecule has 0 unspecified atom stereocenters. The van der Waals surface area contributed by atoms with E-state index in [0.29, 0.717) is 33.5 Å². The second-order valence-electron chi connectivity index (χ2n) is 14.8. The highest BCUT2D eigenvalue weighted by atomic mass is 16.4. The molecule has 0 saturated heterocycles. The van der Waals surface area contributed by atoms with Gasteiger partial charge in [-0.05, 0) is 128 Å². The van der Waals surface area contributed by atoms with E-state index in [-0.39, 0.29) is 11.5 Å². The molecule has 0 aromatic heterocycles. The fourth-order valence-corrected chi connectivity index (χ4v) is 11.3. The third-order valence-electron chi connectivity index (χ3n) is 13.7. The SMILES string of the molecule is C=C(CC[C@@H](C)[C@H]1CC[C@@]2(C)[C@@H]3CC[C@@H]4C(C)(C)[C@@H](O)CC[C@@]45C[C@@]35CC[C@]12C)[C@@H](C)C(=O)O. The van der Waals surface area contributed by atoms with Gasteiger partial charge in [0.05, 0.1) is 12.0 Å². The lowest BCUT2D eigenvalue weighted by molar-refractivity contribution is -0.161. The normalized spacial score (nSPS) is 50.2. The molecule has 0 aromatic carbocycles. The van der Waals surface area contributed by atoms with Crippen molar-refractivity contribution in [1.82, 2.24) is 0 Å². The van der Waals surface area contributed by atoms with Crippen LogP contribution in [0, 0.1) is 56.7 Å². The summed E-state index contributed by atoms with van der Waals surface area (Å²) < 4.78 is 0. The molecule has 192 valence electrons. The van der Waals surface area contributed by atoms with E-state index in [1.54, 1.807) is 6.92 Å². The maximum Gasteiger partial charge on any atom is 0.310 e. The average molecular weight is 471 g/mol. The van der Waals surface area contributed by atoms with Crippen LogP contribution in [-0.2, 0) is 4.79 Å². The van der Waals surface area contributed by atoms with Crippen molar-refractivity contribution in [2.75, 3.05) is 0 Å². The van der Waals surface area contributed by atoms with E-state index in [1.807, 2.05) is 0 Å². The summed E-state index contributed by atoms with van der Waals surface area (Å²) in [5.74, 6) is 1.71. The molecule has 2 N–H and O–H groups in total. The molecule has 0 aliphatic heterocycles. The Morgan fingerprint density at radius 1 is 0.912 bits per heavy atom. The zero-order chi connectivity index (χ0) is 24.9. The van der Waals surface area contributed by atoms with Crippen molar-refractivity contribution in [2.45, 2.75) is 118 Å². The van der Waals surface area contributed by atoms with Gasteiger partial charge < -0.3 is 10.2 Å². The van der Waals surface area contributed by atoms with Gasteiger partial charge in [-0.25, -0.2) is 0 Å². The van der Waals surface area contributed by atoms with Crippen LogP contribution in [0.25, 0.3) is 0 Å². The van der Waals surface area contributed by atoms with E-state index in [9.17, 15) is 15.0 Å². The van der Waals surface area contributed by atoms with Crippen LogP contribution in [-0.4, -0.2) is 22.3 Å². The highest BCUT2D eigenvalue weighted by Crippen LogP contribution is 2.89. The topological polar surface area (TPSA) is 57.5 Å². The standard InChI is InChI=1S/C31H50O3/c1-19(21(3)26(33)34)8-9-20(2)22-12-14-29(7)24-11-10-23-27(4,5)25(32)13-15-30(23)18-31(24,30)17-16-28(22,29)6/h20-25,32H,1,8-18H2,2-7H3,(H,33,34)/t20-,21-,22-,23-,24+,25+,28-,29+,30-,31+/m1/s1. The van der Waals surface area contributed by atoms with Gasteiger partial charge >= 0.3 is 5.97 Å². The number of hydrogen-bond acceptors (Lipinski definition) is 2. The van der Waals surface area contributed by atoms with E-state index in [4.69, 9.17) is 0 Å². The molecule has 0 aromatic rings. The fourth-order valence-electron chi connectivity index (χ4n) is 11.3. The molecule has 5 fully saturated rings. The largest absolute Gasteiger partial charge is 0.481 e. The van der Waals surface area contributed by atoms with Crippen molar-refractivity contribution >= 4 is 5.97 Å². The number of aliphatic hydroxyl groups is 1. The van der Waals surface area contributed by atoms with Gasteiger partial charge in [-0.2, -0.15) is 0 Å². The quantitative estimate of drug-likeness (QED) is 0.396. The lowest BCUT2D eigenvalue weighted by atomic mass is 9.41. The smallest absolute Gasteiger partial charge is 0.310 e. The number of hydrogen-bond donors (Lipinski definition) is 2. The van der Waals surface area contributed by atoms with E-state index in [2.05, 4.69) is 41.2 Å². The lowest BCUT2D eigenvalue weighted by Gasteiger charge is -2.63. The summed E-state index contributed by atoms with van der Waals surface area (Å²) in [6.45, 7) is 18.3. The summed E-state index contributed by atoms with van der Waals surface area (Å²) in [4.78, 5) is 11.4. The van der Waals surface area contributed by atoms with Crippen LogP contribution in [0.2, 0.25) is 0 Å². The van der Waals surface area contributed by atoms with Crippen LogP contribution >= 0.6 is 0 Å². The van der Waals surface area contributed by atoms with Crippen molar-refractivity contribution in [1.29, 1.82) is 0 Å². The van der Waals surface area contributed by atoms with Crippen LogP contribution in [0.3, 0.4) is 0 Å². The second kappa shape index (κ2) is 7.59. The first-order chi connectivity index (χ1) is 15.8. The minimum atomic E-state index is -0.747. The van der Waals surface area contributed by atoms with Gasteiger partial charge in [0, 0.05) is 0 Å². The molecule has 0 radical (unpaired) electrons. The molecule has 5 aliphatic rings. The predicted molar refractivity (Wildman–Crippen MR) is 137 cm³/mol. The first-order valence-corrected chi connectivity index (χ1v) is 14.4. The summed E-state index contributed by atoms with van der Waals surface area (Å²) in [6, 6.07) is 0. The Bertz CT molecular complexity index is 876. The molecule has 3 nitrogen and oxygen atoms in total.